The van der Waals surface area contributed by atoms with E-state index in [9.17, 15) is 9.59 Å². The highest BCUT2D eigenvalue weighted by Gasteiger charge is 2.15. The number of ether oxygens (including phenoxy) is 3. The summed E-state index contributed by atoms with van der Waals surface area (Å²) in [6.07, 6.45) is 5.04. The van der Waals surface area contributed by atoms with Gasteiger partial charge in [-0.1, -0.05) is 24.1 Å². The first kappa shape index (κ1) is 16.1. The number of terminal acetylenes is 1. The first-order valence-electron chi connectivity index (χ1n) is 6.71. The molecule has 0 spiro atoms. The minimum Gasteiger partial charge on any atom is -0.493 e. The zero-order chi connectivity index (χ0) is 16.7. The van der Waals surface area contributed by atoms with Crippen LogP contribution in [0.25, 0.3) is 0 Å². The van der Waals surface area contributed by atoms with Crippen molar-refractivity contribution in [2.24, 2.45) is 0 Å². The van der Waals surface area contributed by atoms with Crippen LogP contribution in [0.15, 0.2) is 48.5 Å². The van der Waals surface area contributed by atoms with Crippen LogP contribution in [-0.2, 0) is 4.74 Å². The van der Waals surface area contributed by atoms with Crippen molar-refractivity contribution in [2.75, 3.05) is 13.7 Å². The van der Waals surface area contributed by atoms with E-state index in [2.05, 4.69) is 5.92 Å². The molecule has 0 amide bonds. The fraction of sp³-hybridized carbons (Fsp3) is 0.111. The molecule has 0 N–H and O–H groups in total. The van der Waals surface area contributed by atoms with Gasteiger partial charge in [0, 0.05) is 0 Å². The predicted octanol–water partition coefficient (Wildman–Crippen LogP) is 2.70. The lowest BCUT2D eigenvalue weighted by Gasteiger charge is -2.10. The molecular formula is C18H14O5. The summed E-state index contributed by atoms with van der Waals surface area (Å²) in [6.45, 7) is -0.119. The topological polar surface area (TPSA) is 61.8 Å². The van der Waals surface area contributed by atoms with E-state index in [0.717, 1.165) is 0 Å². The average Bonchev–Trinajstić information content (AvgIpc) is 2.60. The molecule has 2 rings (SSSR count). The molecule has 0 saturated heterocycles. The lowest BCUT2D eigenvalue weighted by Crippen LogP contribution is -2.10. The number of hydrogen-bond acceptors (Lipinski definition) is 5. The van der Waals surface area contributed by atoms with Crippen molar-refractivity contribution in [3.63, 3.8) is 0 Å². The fourth-order valence-electron chi connectivity index (χ4n) is 1.80. The molecule has 0 unspecified atom stereocenters. The summed E-state index contributed by atoms with van der Waals surface area (Å²) >= 11 is 0. The van der Waals surface area contributed by atoms with E-state index in [1.807, 2.05) is 0 Å². The van der Waals surface area contributed by atoms with E-state index in [0.29, 0.717) is 5.56 Å². The summed E-state index contributed by atoms with van der Waals surface area (Å²) in [7, 11) is 1.41. The normalized spacial score (nSPS) is 9.57. The molecule has 0 aliphatic rings. The minimum absolute atomic E-state index is 0.119. The van der Waals surface area contributed by atoms with Gasteiger partial charge in [-0.05, 0) is 30.3 Å². The molecule has 5 heteroatoms. The number of methoxy groups -OCH3 is 1. The van der Waals surface area contributed by atoms with Crippen molar-refractivity contribution in [1.29, 1.82) is 0 Å². The Hall–Kier alpha value is -3.26. The number of hydrogen-bond donors (Lipinski definition) is 0. The Morgan fingerprint density at radius 3 is 2.39 bits per heavy atom. The van der Waals surface area contributed by atoms with Gasteiger partial charge in [-0.3, -0.25) is 0 Å². The van der Waals surface area contributed by atoms with Crippen molar-refractivity contribution >= 4 is 11.9 Å². The second-order valence-corrected chi connectivity index (χ2v) is 4.40. The highest BCUT2D eigenvalue weighted by Crippen LogP contribution is 2.29. The quantitative estimate of drug-likeness (QED) is 0.483. The molecule has 0 aliphatic heterocycles. The molecule has 0 aromatic heterocycles. The van der Waals surface area contributed by atoms with Gasteiger partial charge < -0.3 is 14.2 Å². The monoisotopic (exact) mass is 310 g/mol. The van der Waals surface area contributed by atoms with Crippen LogP contribution in [0.5, 0.6) is 11.5 Å². The maximum absolute atomic E-state index is 12.1. The molecule has 0 atom stereocenters. The fourth-order valence-corrected chi connectivity index (χ4v) is 1.80. The highest BCUT2D eigenvalue weighted by atomic mass is 16.6. The van der Waals surface area contributed by atoms with Gasteiger partial charge in [0.2, 0.25) is 0 Å². The molecule has 116 valence electrons. The van der Waals surface area contributed by atoms with Crippen molar-refractivity contribution < 1.29 is 23.8 Å². The van der Waals surface area contributed by atoms with Gasteiger partial charge in [0.1, 0.15) is 0 Å². The van der Waals surface area contributed by atoms with Gasteiger partial charge >= 0.3 is 11.9 Å². The molecule has 0 heterocycles. The van der Waals surface area contributed by atoms with Crippen LogP contribution in [0.4, 0.5) is 0 Å². The number of carbonyl (C=O) groups excluding carboxylic acids is 2. The Morgan fingerprint density at radius 1 is 1.00 bits per heavy atom. The van der Waals surface area contributed by atoms with Crippen LogP contribution in [0.1, 0.15) is 20.7 Å². The van der Waals surface area contributed by atoms with E-state index in [4.69, 9.17) is 20.6 Å². The summed E-state index contributed by atoms with van der Waals surface area (Å²) in [6, 6.07) is 12.9. The average molecular weight is 310 g/mol. The smallest absolute Gasteiger partial charge is 0.343 e. The Kier molecular flexibility index (Phi) is 5.37. The SMILES string of the molecule is C#CCOC(=O)c1ccc(OC(=O)c2ccccc2)c(OC)c1. The van der Waals surface area contributed by atoms with Crippen molar-refractivity contribution in [2.45, 2.75) is 0 Å². The third kappa shape index (κ3) is 4.11. The first-order valence-corrected chi connectivity index (χ1v) is 6.71. The third-order valence-corrected chi connectivity index (χ3v) is 2.90. The van der Waals surface area contributed by atoms with E-state index < -0.39 is 11.9 Å². The Balaban J connectivity index is 2.18. The van der Waals surface area contributed by atoms with Gasteiger partial charge in [0.05, 0.1) is 18.2 Å². The molecule has 0 radical (unpaired) electrons. The van der Waals surface area contributed by atoms with E-state index in [-0.39, 0.29) is 23.7 Å². The number of carbonyl (C=O) groups is 2. The molecule has 23 heavy (non-hydrogen) atoms. The lowest BCUT2D eigenvalue weighted by molar-refractivity contribution is 0.0556. The molecular weight excluding hydrogens is 296 g/mol. The van der Waals surface area contributed by atoms with Gasteiger partial charge in [0.15, 0.2) is 18.1 Å². The van der Waals surface area contributed by atoms with Crippen LogP contribution in [0.2, 0.25) is 0 Å². The summed E-state index contributed by atoms with van der Waals surface area (Å²) in [5, 5.41) is 0. The minimum atomic E-state index is -0.581. The number of esters is 2. The molecule has 0 fully saturated rings. The van der Waals surface area contributed by atoms with Crippen LogP contribution >= 0.6 is 0 Å². The van der Waals surface area contributed by atoms with Crippen LogP contribution in [0, 0.1) is 12.3 Å². The molecule has 0 bridgehead atoms. The van der Waals surface area contributed by atoms with Gasteiger partial charge in [-0.2, -0.15) is 0 Å². The summed E-state index contributed by atoms with van der Waals surface area (Å²) in [4.78, 5) is 23.8. The summed E-state index contributed by atoms with van der Waals surface area (Å²) < 4.78 is 15.3. The predicted molar refractivity (Wildman–Crippen MR) is 83.5 cm³/mol. The molecule has 2 aromatic carbocycles. The zero-order valence-corrected chi connectivity index (χ0v) is 12.4. The van der Waals surface area contributed by atoms with E-state index in [1.165, 1.54) is 25.3 Å². The second kappa shape index (κ2) is 7.66. The van der Waals surface area contributed by atoms with Gasteiger partial charge in [-0.15, -0.1) is 6.42 Å². The lowest BCUT2D eigenvalue weighted by atomic mass is 10.2. The Labute approximate surface area is 133 Å². The second-order valence-electron chi connectivity index (χ2n) is 4.40. The van der Waals surface area contributed by atoms with Crippen molar-refractivity contribution in [3.8, 4) is 23.8 Å². The molecule has 2 aromatic rings. The van der Waals surface area contributed by atoms with E-state index >= 15 is 0 Å². The van der Waals surface area contributed by atoms with Crippen LogP contribution in [0.3, 0.4) is 0 Å². The van der Waals surface area contributed by atoms with E-state index in [1.54, 1.807) is 30.3 Å². The van der Waals surface area contributed by atoms with Gasteiger partial charge in [-0.25, -0.2) is 9.59 Å². The standard InChI is InChI=1S/C18H14O5/c1-3-11-22-17(19)14-9-10-15(16(12-14)21-2)23-18(20)13-7-5-4-6-8-13/h1,4-10,12H,11H2,2H3. The molecule has 5 nitrogen and oxygen atoms in total. The molecule has 0 saturated carbocycles. The van der Waals surface area contributed by atoms with Crippen molar-refractivity contribution in [3.05, 3.63) is 59.7 Å². The van der Waals surface area contributed by atoms with Crippen LogP contribution in [-0.4, -0.2) is 25.7 Å². The Morgan fingerprint density at radius 2 is 1.74 bits per heavy atom. The summed E-state index contributed by atoms with van der Waals surface area (Å²) in [5.41, 5.74) is 0.656. The maximum Gasteiger partial charge on any atom is 0.343 e. The van der Waals surface area contributed by atoms with Crippen molar-refractivity contribution in [1.82, 2.24) is 0 Å². The zero-order valence-electron chi connectivity index (χ0n) is 12.4. The number of benzene rings is 2. The summed E-state index contributed by atoms with van der Waals surface area (Å²) in [5.74, 6) is 1.55. The largest absolute Gasteiger partial charge is 0.493 e. The number of rotatable bonds is 5. The maximum atomic E-state index is 12.1. The van der Waals surface area contributed by atoms with Crippen LogP contribution < -0.4 is 9.47 Å². The first-order chi connectivity index (χ1) is 11.2. The Bertz CT molecular complexity index is 744. The third-order valence-electron chi connectivity index (χ3n) is 2.90. The molecule has 0 aliphatic carbocycles. The highest BCUT2D eigenvalue weighted by molar-refractivity contribution is 5.92. The van der Waals surface area contributed by atoms with Gasteiger partial charge in [0.25, 0.3) is 0 Å².